The van der Waals surface area contributed by atoms with Crippen LogP contribution in [0, 0.1) is 0 Å². The van der Waals surface area contributed by atoms with E-state index in [9.17, 15) is 34.5 Å². The minimum absolute atomic E-state index is 0.0467. The molecule has 458 valence electrons. The topological polar surface area (TPSA) is 175 Å². The number of carbonyl (C=O) groups excluding carboxylic acids is 3. The molecule has 12 heteroatoms. The van der Waals surface area contributed by atoms with Crippen LogP contribution in [0.4, 0.5) is 0 Å². The number of unbranched alkanes of at least 4 members (excludes halogenated alkanes) is 34. The van der Waals surface area contributed by atoms with Crippen LogP contribution < -0.4 is 0 Å². The summed E-state index contributed by atoms with van der Waals surface area (Å²) in [4.78, 5) is 51.2. The lowest BCUT2D eigenvalue weighted by atomic mass is 9.98. The first-order valence-corrected chi connectivity index (χ1v) is 32.6. The quantitative estimate of drug-likeness (QED) is 0.0228. The van der Waals surface area contributed by atoms with Crippen molar-refractivity contribution < 1.29 is 58.2 Å². The van der Waals surface area contributed by atoms with Gasteiger partial charge in [-0.25, -0.2) is 4.79 Å². The Hall–Kier alpha value is -3.32. The van der Waals surface area contributed by atoms with Crippen molar-refractivity contribution in [2.24, 2.45) is 0 Å². The van der Waals surface area contributed by atoms with Crippen molar-refractivity contribution in [3.05, 3.63) is 48.6 Å². The normalized spacial score (nSPS) is 18.1. The maximum atomic E-state index is 13.1. The van der Waals surface area contributed by atoms with Crippen LogP contribution in [0.25, 0.3) is 0 Å². The molecule has 0 aromatic heterocycles. The van der Waals surface area contributed by atoms with Crippen LogP contribution in [0.2, 0.25) is 0 Å². The molecule has 0 radical (unpaired) electrons. The SMILES string of the molecule is CC/C=C\C/C=C\C/C=C\C/C=C\CCCCCCCCC(=O)OC1C(OCC(COC(=O)CCCCCCCCCCCCCCCCCCCCC)OC(=O)CCCCCCCCCCCCC)OC(C(=O)O)C(O)C1O. The number of hydrogen-bond donors (Lipinski definition) is 3. The van der Waals surface area contributed by atoms with Gasteiger partial charge in [0, 0.05) is 19.3 Å². The molecule has 0 saturated carbocycles. The number of allylic oxidation sites excluding steroid dienone is 8. The summed E-state index contributed by atoms with van der Waals surface area (Å²) in [5, 5.41) is 31.6. The Morgan fingerprint density at radius 2 is 0.797 bits per heavy atom. The summed E-state index contributed by atoms with van der Waals surface area (Å²) in [7, 11) is 0. The minimum Gasteiger partial charge on any atom is -0.479 e. The number of aliphatic hydroxyl groups is 2. The van der Waals surface area contributed by atoms with E-state index in [0.29, 0.717) is 19.3 Å². The van der Waals surface area contributed by atoms with Gasteiger partial charge in [0.25, 0.3) is 0 Å². The second-order valence-corrected chi connectivity index (χ2v) is 22.4. The summed E-state index contributed by atoms with van der Waals surface area (Å²) in [6.07, 6.45) is 55.0. The number of aliphatic hydroxyl groups excluding tert-OH is 2. The number of carbonyl (C=O) groups is 4. The first kappa shape index (κ1) is 73.7. The van der Waals surface area contributed by atoms with Gasteiger partial charge in [0.05, 0.1) is 6.61 Å². The number of esters is 3. The summed E-state index contributed by atoms with van der Waals surface area (Å²) >= 11 is 0. The molecule has 0 spiro atoms. The Kier molecular flexibility index (Phi) is 51.5. The number of hydrogen-bond acceptors (Lipinski definition) is 11. The van der Waals surface area contributed by atoms with Crippen molar-refractivity contribution in [1.82, 2.24) is 0 Å². The summed E-state index contributed by atoms with van der Waals surface area (Å²) < 4.78 is 28.5. The fourth-order valence-corrected chi connectivity index (χ4v) is 9.95. The molecule has 1 fully saturated rings. The zero-order valence-corrected chi connectivity index (χ0v) is 50.6. The zero-order chi connectivity index (χ0) is 57.5. The van der Waals surface area contributed by atoms with E-state index < -0.39 is 67.3 Å². The molecule has 0 aliphatic carbocycles. The number of aliphatic carboxylic acids is 1. The summed E-state index contributed by atoms with van der Waals surface area (Å²) in [5.74, 6) is -3.11. The first-order valence-electron chi connectivity index (χ1n) is 32.6. The highest BCUT2D eigenvalue weighted by Gasteiger charge is 2.50. The summed E-state index contributed by atoms with van der Waals surface area (Å²) in [6.45, 7) is 5.91. The van der Waals surface area contributed by atoms with E-state index in [2.05, 4.69) is 69.4 Å². The van der Waals surface area contributed by atoms with E-state index in [1.807, 2.05) is 0 Å². The highest BCUT2D eigenvalue weighted by molar-refractivity contribution is 5.74. The molecule has 1 aliphatic rings. The average molecular weight is 1120 g/mol. The molecule has 1 saturated heterocycles. The van der Waals surface area contributed by atoms with Gasteiger partial charge in [0.2, 0.25) is 0 Å². The van der Waals surface area contributed by atoms with Gasteiger partial charge in [0.1, 0.15) is 18.8 Å². The van der Waals surface area contributed by atoms with E-state index in [0.717, 1.165) is 103 Å². The zero-order valence-electron chi connectivity index (χ0n) is 50.6. The number of carboxylic acid groups (broad SMARTS) is 1. The van der Waals surface area contributed by atoms with Crippen molar-refractivity contribution in [2.75, 3.05) is 13.2 Å². The van der Waals surface area contributed by atoms with Crippen LogP contribution in [0.1, 0.15) is 303 Å². The highest BCUT2D eigenvalue weighted by atomic mass is 16.7. The smallest absolute Gasteiger partial charge is 0.335 e. The number of carboxylic acids is 1. The van der Waals surface area contributed by atoms with Gasteiger partial charge in [-0.05, 0) is 57.8 Å². The fraction of sp³-hybridized carbons (Fsp3) is 0.821. The van der Waals surface area contributed by atoms with Gasteiger partial charge in [-0.2, -0.15) is 0 Å². The lowest BCUT2D eigenvalue weighted by Crippen LogP contribution is -2.61. The second-order valence-electron chi connectivity index (χ2n) is 22.4. The van der Waals surface area contributed by atoms with Gasteiger partial charge in [-0.1, -0.05) is 275 Å². The Morgan fingerprint density at radius 3 is 1.22 bits per heavy atom. The average Bonchev–Trinajstić information content (AvgIpc) is 3.43. The van der Waals surface area contributed by atoms with Crippen molar-refractivity contribution in [1.29, 1.82) is 0 Å². The molecule has 1 aliphatic heterocycles. The highest BCUT2D eigenvalue weighted by Crippen LogP contribution is 2.27. The Morgan fingerprint density at radius 1 is 0.430 bits per heavy atom. The number of ether oxygens (including phenoxy) is 5. The molecule has 1 heterocycles. The van der Waals surface area contributed by atoms with Crippen molar-refractivity contribution in [2.45, 2.75) is 340 Å². The summed E-state index contributed by atoms with van der Waals surface area (Å²) in [6, 6.07) is 0. The Bertz CT molecular complexity index is 1560. The molecule has 6 unspecified atom stereocenters. The molecule has 0 aromatic rings. The minimum atomic E-state index is -1.91. The van der Waals surface area contributed by atoms with Crippen LogP contribution in [0.5, 0.6) is 0 Å². The van der Waals surface area contributed by atoms with Gasteiger partial charge in [0.15, 0.2) is 24.6 Å². The van der Waals surface area contributed by atoms with Crippen molar-refractivity contribution in [3.63, 3.8) is 0 Å². The Labute approximate surface area is 482 Å². The standard InChI is InChI=1S/C67H118O12/c1-4-7-10-13-16-19-22-24-26-28-30-32-34-36-39-41-44-47-50-53-59(68)75-56-58(77-60(69)54-51-48-45-42-38-21-18-15-12-9-6-3)57-76-67-65(63(72)62(71)64(79-67)66(73)74)78-61(70)55-52-49-46-43-40-37-35-33-31-29-27-25-23-20-17-14-11-8-5-2/h8,11,17,20,25,27,31,33,58,62-65,67,71-72H,4-7,9-10,12-16,18-19,21-24,26,28-30,32,34-57H2,1-3H3,(H,73,74)/b11-8-,20-17-,27-25-,33-31-. The van der Waals surface area contributed by atoms with Crippen molar-refractivity contribution >= 4 is 23.9 Å². The maximum Gasteiger partial charge on any atom is 0.335 e. The lowest BCUT2D eigenvalue weighted by molar-refractivity contribution is -0.301. The van der Waals surface area contributed by atoms with E-state index in [4.69, 9.17) is 23.7 Å². The van der Waals surface area contributed by atoms with Crippen molar-refractivity contribution in [3.8, 4) is 0 Å². The molecule has 0 aromatic carbocycles. The number of rotatable bonds is 56. The lowest BCUT2D eigenvalue weighted by Gasteiger charge is -2.40. The maximum absolute atomic E-state index is 13.1. The van der Waals surface area contributed by atoms with Gasteiger partial charge in [-0.15, -0.1) is 0 Å². The predicted molar refractivity (Wildman–Crippen MR) is 322 cm³/mol. The molecular weight excluding hydrogens is 997 g/mol. The molecule has 3 N–H and O–H groups in total. The van der Waals surface area contributed by atoms with E-state index in [-0.39, 0.29) is 25.9 Å². The van der Waals surface area contributed by atoms with E-state index in [1.165, 1.54) is 141 Å². The Balaban J connectivity index is 2.61. The van der Waals surface area contributed by atoms with Crippen LogP contribution in [0.3, 0.4) is 0 Å². The van der Waals surface area contributed by atoms with Crippen LogP contribution in [-0.4, -0.2) is 89.2 Å². The molecule has 6 atom stereocenters. The third kappa shape index (κ3) is 45.0. The van der Waals surface area contributed by atoms with Gasteiger partial charge >= 0.3 is 23.9 Å². The fourth-order valence-electron chi connectivity index (χ4n) is 9.95. The van der Waals surface area contributed by atoms with Crippen LogP contribution in [-0.2, 0) is 42.9 Å². The van der Waals surface area contributed by atoms with E-state index in [1.54, 1.807) is 0 Å². The van der Waals surface area contributed by atoms with Crippen LogP contribution in [0.15, 0.2) is 48.6 Å². The second kappa shape index (κ2) is 55.2. The van der Waals surface area contributed by atoms with Gasteiger partial charge < -0.3 is 39.0 Å². The third-order valence-electron chi connectivity index (χ3n) is 14.9. The molecule has 1 rings (SSSR count). The molecule has 79 heavy (non-hydrogen) atoms. The molecular formula is C67H118O12. The van der Waals surface area contributed by atoms with E-state index >= 15 is 0 Å². The largest absolute Gasteiger partial charge is 0.479 e. The first-order chi connectivity index (χ1) is 38.6. The molecule has 12 nitrogen and oxygen atoms in total. The molecule has 0 amide bonds. The third-order valence-corrected chi connectivity index (χ3v) is 14.9. The summed E-state index contributed by atoms with van der Waals surface area (Å²) in [5.41, 5.74) is 0. The van der Waals surface area contributed by atoms with Crippen LogP contribution >= 0.6 is 0 Å². The molecule has 0 bridgehead atoms. The van der Waals surface area contributed by atoms with Gasteiger partial charge in [-0.3, -0.25) is 14.4 Å². The predicted octanol–water partition coefficient (Wildman–Crippen LogP) is 17.3. The monoisotopic (exact) mass is 1110 g/mol.